The van der Waals surface area contributed by atoms with Crippen molar-refractivity contribution in [1.29, 1.82) is 0 Å². The Labute approximate surface area is 140 Å². The van der Waals surface area contributed by atoms with Crippen molar-refractivity contribution in [3.63, 3.8) is 0 Å². The fraction of sp³-hybridized carbons (Fsp3) is 0.789. The van der Waals surface area contributed by atoms with Gasteiger partial charge in [-0.2, -0.15) is 0 Å². The fourth-order valence-corrected chi connectivity index (χ4v) is 4.21. The number of aliphatic hydroxyl groups excluding tert-OH is 1. The van der Waals surface area contributed by atoms with Gasteiger partial charge >= 0.3 is 0 Å². The third-order valence-electron chi connectivity index (χ3n) is 5.62. The Morgan fingerprint density at radius 1 is 1.26 bits per heavy atom. The average Bonchev–Trinajstić information content (AvgIpc) is 3.08. The SMILES string of the molecule is C[C@H](CCc1ccco1)NC1CCN([C@H]2CCCC[C@@H]2O)CC1. The van der Waals surface area contributed by atoms with Gasteiger partial charge in [-0.15, -0.1) is 0 Å². The highest BCUT2D eigenvalue weighted by atomic mass is 16.3. The van der Waals surface area contributed by atoms with Crippen LogP contribution in [0.25, 0.3) is 0 Å². The lowest BCUT2D eigenvalue weighted by molar-refractivity contribution is 0.00667. The van der Waals surface area contributed by atoms with E-state index in [4.69, 9.17) is 4.42 Å². The molecule has 4 heteroatoms. The van der Waals surface area contributed by atoms with Crippen LogP contribution in [-0.4, -0.2) is 47.3 Å². The molecule has 1 aromatic rings. The molecule has 130 valence electrons. The van der Waals surface area contributed by atoms with Gasteiger partial charge in [0.25, 0.3) is 0 Å². The van der Waals surface area contributed by atoms with Gasteiger partial charge in [-0.3, -0.25) is 4.90 Å². The zero-order valence-corrected chi connectivity index (χ0v) is 14.4. The zero-order chi connectivity index (χ0) is 16.1. The number of rotatable bonds is 6. The number of furan rings is 1. The fourth-order valence-electron chi connectivity index (χ4n) is 4.21. The maximum Gasteiger partial charge on any atom is 0.103 e. The van der Waals surface area contributed by atoms with Crippen LogP contribution in [0.3, 0.4) is 0 Å². The normalized spacial score (nSPS) is 28.8. The molecule has 0 unspecified atom stereocenters. The summed E-state index contributed by atoms with van der Waals surface area (Å²) in [4.78, 5) is 2.54. The van der Waals surface area contributed by atoms with E-state index >= 15 is 0 Å². The molecule has 4 nitrogen and oxygen atoms in total. The summed E-state index contributed by atoms with van der Waals surface area (Å²) in [6.45, 7) is 4.54. The molecule has 0 radical (unpaired) electrons. The van der Waals surface area contributed by atoms with E-state index < -0.39 is 0 Å². The molecule has 1 saturated heterocycles. The molecule has 1 aliphatic carbocycles. The lowest BCUT2D eigenvalue weighted by Crippen LogP contribution is -2.52. The van der Waals surface area contributed by atoms with Gasteiger partial charge in [-0.25, -0.2) is 0 Å². The van der Waals surface area contributed by atoms with Crippen molar-refractivity contribution in [3.05, 3.63) is 24.2 Å². The summed E-state index contributed by atoms with van der Waals surface area (Å²) in [5.74, 6) is 1.08. The van der Waals surface area contributed by atoms with E-state index in [1.807, 2.05) is 6.07 Å². The van der Waals surface area contributed by atoms with Gasteiger partial charge in [0.15, 0.2) is 0 Å². The predicted octanol–water partition coefficient (Wildman–Crippen LogP) is 2.96. The Morgan fingerprint density at radius 3 is 2.74 bits per heavy atom. The molecule has 2 aliphatic rings. The number of aliphatic hydroxyl groups is 1. The molecule has 0 amide bonds. The molecule has 0 spiro atoms. The monoisotopic (exact) mass is 320 g/mol. The van der Waals surface area contributed by atoms with E-state index in [1.54, 1.807) is 6.26 Å². The molecular weight excluding hydrogens is 288 g/mol. The smallest absolute Gasteiger partial charge is 0.103 e. The molecule has 1 aromatic heterocycles. The maximum atomic E-state index is 10.2. The number of nitrogens with zero attached hydrogens (tertiary/aromatic N) is 1. The van der Waals surface area contributed by atoms with Gasteiger partial charge in [-0.05, 0) is 51.2 Å². The molecule has 2 heterocycles. The van der Waals surface area contributed by atoms with Crippen LogP contribution in [0.5, 0.6) is 0 Å². The highest BCUT2D eigenvalue weighted by Gasteiger charge is 2.31. The van der Waals surface area contributed by atoms with Gasteiger partial charge in [0.05, 0.1) is 12.4 Å². The van der Waals surface area contributed by atoms with Gasteiger partial charge in [0.1, 0.15) is 5.76 Å². The zero-order valence-electron chi connectivity index (χ0n) is 14.4. The quantitative estimate of drug-likeness (QED) is 0.846. The first-order valence-corrected chi connectivity index (χ1v) is 9.43. The van der Waals surface area contributed by atoms with Crippen LogP contribution in [0.2, 0.25) is 0 Å². The third-order valence-corrected chi connectivity index (χ3v) is 5.62. The summed E-state index contributed by atoms with van der Waals surface area (Å²) in [7, 11) is 0. The number of hydrogen-bond acceptors (Lipinski definition) is 4. The minimum Gasteiger partial charge on any atom is -0.469 e. The van der Waals surface area contributed by atoms with E-state index in [-0.39, 0.29) is 6.10 Å². The molecule has 3 rings (SSSR count). The highest BCUT2D eigenvalue weighted by Crippen LogP contribution is 2.26. The Hall–Kier alpha value is -0.840. The maximum absolute atomic E-state index is 10.2. The lowest BCUT2D eigenvalue weighted by Gasteiger charge is -2.42. The van der Waals surface area contributed by atoms with E-state index in [0.29, 0.717) is 18.1 Å². The molecule has 0 aromatic carbocycles. The van der Waals surface area contributed by atoms with E-state index in [2.05, 4.69) is 23.2 Å². The molecule has 3 atom stereocenters. The number of aryl methyl sites for hydroxylation is 1. The minimum absolute atomic E-state index is 0.0968. The first-order valence-electron chi connectivity index (χ1n) is 9.43. The standard InChI is InChI=1S/C19H32N2O2/c1-15(8-9-17-5-4-14-23-17)20-16-10-12-21(13-11-16)18-6-2-3-7-19(18)22/h4-5,14-16,18-20,22H,2-3,6-13H2,1H3/t15-,18+,19+/m1/s1. The molecule has 2 fully saturated rings. The van der Waals surface area contributed by atoms with Crippen LogP contribution >= 0.6 is 0 Å². The Kier molecular flexibility index (Phi) is 6.15. The molecule has 1 aliphatic heterocycles. The Balaban J connectivity index is 1.37. The summed E-state index contributed by atoms with van der Waals surface area (Å²) in [5, 5.41) is 14.0. The van der Waals surface area contributed by atoms with Gasteiger partial charge < -0.3 is 14.8 Å². The topological polar surface area (TPSA) is 48.6 Å². The van der Waals surface area contributed by atoms with Crippen molar-refractivity contribution in [2.45, 2.75) is 82.5 Å². The summed E-state index contributed by atoms with van der Waals surface area (Å²) in [6.07, 6.45) is 10.8. The molecule has 1 saturated carbocycles. The van der Waals surface area contributed by atoms with Crippen molar-refractivity contribution in [3.8, 4) is 0 Å². The highest BCUT2D eigenvalue weighted by molar-refractivity contribution is 4.98. The summed E-state index contributed by atoms with van der Waals surface area (Å²) >= 11 is 0. The number of nitrogens with one attached hydrogen (secondary N) is 1. The molecule has 23 heavy (non-hydrogen) atoms. The van der Waals surface area contributed by atoms with E-state index in [0.717, 1.165) is 38.1 Å². The van der Waals surface area contributed by atoms with Crippen LogP contribution in [0.15, 0.2) is 22.8 Å². The second-order valence-corrected chi connectivity index (χ2v) is 7.42. The molecule has 2 N–H and O–H groups in total. The Morgan fingerprint density at radius 2 is 2.04 bits per heavy atom. The number of piperidine rings is 1. The van der Waals surface area contributed by atoms with E-state index in [1.165, 1.54) is 32.1 Å². The molecular formula is C19H32N2O2. The Bertz CT molecular complexity index is 440. The lowest BCUT2D eigenvalue weighted by atomic mass is 9.89. The van der Waals surface area contributed by atoms with Gasteiger partial charge in [0, 0.05) is 37.6 Å². The summed E-state index contributed by atoms with van der Waals surface area (Å²) in [5.41, 5.74) is 0. The van der Waals surface area contributed by atoms with Crippen LogP contribution in [0.1, 0.15) is 57.6 Å². The van der Waals surface area contributed by atoms with Crippen molar-refractivity contribution in [2.24, 2.45) is 0 Å². The van der Waals surface area contributed by atoms with Crippen molar-refractivity contribution in [2.75, 3.05) is 13.1 Å². The van der Waals surface area contributed by atoms with Crippen LogP contribution < -0.4 is 5.32 Å². The second-order valence-electron chi connectivity index (χ2n) is 7.42. The third kappa shape index (κ3) is 4.82. The van der Waals surface area contributed by atoms with Crippen LogP contribution in [0.4, 0.5) is 0 Å². The summed E-state index contributed by atoms with van der Waals surface area (Å²) < 4.78 is 5.41. The average molecular weight is 320 g/mol. The second kappa shape index (κ2) is 8.32. The van der Waals surface area contributed by atoms with Crippen molar-refractivity contribution >= 4 is 0 Å². The summed E-state index contributed by atoms with van der Waals surface area (Å²) in [6, 6.07) is 5.58. The van der Waals surface area contributed by atoms with Crippen molar-refractivity contribution in [1.82, 2.24) is 10.2 Å². The largest absolute Gasteiger partial charge is 0.469 e. The minimum atomic E-state index is -0.0968. The van der Waals surface area contributed by atoms with Crippen LogP contribution in [-0.2, 0) is 6.42 Å². The first kappa shape index (κ1) is 17.0. The van der Waals surface area contributed by atoms with Gasteiger partial charge in [-0.1, -0.05) is 12.8 Å². The van der Waals surface area contributed by atoms with E-state index in [9.17, 15) is 5.11 Å². The van der Waals surface area contributed by atoms with Crippen LogP contribution in [0, 0.1) is 0 Å². The van der Waals surface area contributed by atoms with Crippen molar-refractivity contribution < 1.29 is 9.52 Å². The predicted molar refractivity (Wildman–Crippen MR) is 92.5 cm³/mol. The first-order chi connectivity index (χ1) is 11.2. The molecule has 0 bridgehead atoms. The number of likely N-dealkylation sites (tertiary alicyclic amines) is 1. The number of hydrogen-bond donors (Lipinski definition) is 2. The van der Waals surface area contributed by atoms with Gasteiger partial charge in [0.2, 0.25) is 0 Å².